The van der Waals surface area contributed by atoms with Gasteiger partial charge >= 0.3 is 0 Å². The Morgan fingerprint density at radius 2 is 2.39 bits per heavy atom. The van der Waals surface area contributed by atoms with Gasteiger partial charge in [0.15, 0.2) is 0 Å². The van der Waals surface area contributed by atoms with Gasteiger partial charge in [0, 0.05) is 24.9 Å². The van der Waals surface area contributed by atoms with Crippen LogP contribution in [0.25, 0.3) is 0 Å². The summed E-state index contributed by atoms with van der Waals surface area (Å²) in [6, 6.07) is 3.77. The third-order valence-electron chi connectivity index (χ3n) is 2.24. The van der Waals surface area contributed by atoms with Gasteiger partial charge < -0.3 is 4.74 Å². The van der Waals surface area contributed by atoms with Crippen molar-refractivity contribution in [3.63, 3.8) is 0 Å². The minimum absolute atomic E-state index is 0.119. The quantitative estimate of drug-likeness (QED) is 0.614. The van der Waals surface area contributed by atoms with Gasteiger partial charge in [-0.25, -0.2) is 9.18 Å². The van der Waals surface area contributed by atoms with Gasteiger partial charge in [-0.05, 0) is 12.1 Å². The average Bonchev–Trinajstić information content (AvgIpc) is 2.75. The number of carbonyl (C=O) groups excluding carboxylic acids is 1. The number of rotatable bonds is 4. The van der Waals surface area contributed by atoms with Crippen LogP contribution in [0.15, 0.2) is 35.6 Å². The van der Waals surface area contributed by atoms with E-state index in [0.29, 0.717) is 5.75 Å². The lowest BCUT2D eigenvalue weighted by molar-refractivity contribution is 0.307. The number of aromatic nitrogens is 2. The summed E-state index contributed by atoms with van der Waals surface area (Å²) in [4.78, 5) is 13.6. The molecule has 0 saturated heterocycles. The zero-order chi connectivity index (χ0) is 13.0. The number of aryl methyl sites for hydroxylation is 1. The lowest BCUT2D eigenvalue weighted by atomic mass is 10.3. The SMILES string of the molecule is Cn1cc(COc2ccc(F)cc2N=C=O)cn1. The minimum Gasteiger partial charge on any atom is -0.486 e. The van der Waals surface area contributed by atoms with Crippen molar-refractivity contribution in [1.82, 2.24) is 9.78 Å². The summed E-state index contributed by atoms with van der Waals surface area (Å²) in [6.07, 6.45) is 4.82. The van der Waals surface area contributed by atoms with Crippen molar-refractivity contribution in [2.45, 2.75) is 6.61 Å². The molecule has 0 unspecified atom stereocenters. The molecule has 1 heterocycles. The van der Waals surface area contributed by atoms with E-state index in [-0.39, 0.29) is 12.3 Å². The standard InChI is InChI=1S/C12H10FN3O2/c1-16-6-9(5-15-16)7-18-12-3-2-10(13)4-11(12)14-8-17/h2-6H,7H2,1H3. The van der Waals surface area contributed by atoms with Crippen LogP contribution in [0, 0.1) is 5.82 Å². The molecule has 2 aromatic rings. The fourth-order valence-electron chi connectivity index (χ4n) is 1.46. The largest absolute Gasteiger partial charge is 0.486 e. The van der Waals surface area contributed by atoms with Crippen molar-refractivity contribution >= 4 is 11.8 Å². The molecule has 2 rings (SSSR count). The van der Waals surface area contributed by atoms with Gasteiger partial charge in [-0.1, -0.05) is 0 Å². The van der Waals surface area contributed by atoms with Crippen LogP contribution in [0.2, 0.25) is 0 Å². The summed E-state index contributed by atoms with van der Waals surface area (Å²) in [6.45, 7) is 0.265. The molecule has 0 saturated carbocycles. The van der Waals surface area contributed by atoms with Crippen molar-refractivity contribution < 1.29 is 13.9 Å². The van der Waals surface area contributed by atoms with Crippen LogP contribution in [0.4, 0.5) is 10.1 Å². The third kappa shape index (κ3) is 2.81. The average molecular weight is 247 g/mol. The Morgan fingerprint density at radius 3 is 3.06 bits per heavy atom. The zero-order valence-electron chi connectivity index (χ0n) is 9.63. The van der Waals surface area contributed by atoms with Crippen LogP contribution < -0.4 is 4.74 Å². The Morgan fingerprint density at radius 1 is 1.56 bits per heavy atom. The van der Waals surface area contributed by atoms with Gasteiger partial charge in [0.2, 0.25) is 6.08 Å². The van der Waals surface area contributed by atoms with Crippen molar-refractivity contribution in [2.24, 2.45) is 12.0 Å². The molecule has 0 bridgehead atoms. The predicted octanol–water partition coefficient (Wildman–Crippen LogP) is 2.11. The number of ether oxygens (including phenoxy) is 1. The molecule has 0 N–H and O–H groups in total. The minimum atomic E-state index is -0.488. The molecule has 0 fully saturated rings. The van der Waals surface area contributed by atoms with Crippen LogP contribution >= 0.6 is 0 Å². The highest BCUT2D eigenvalue weighted by atomic mass is 19.1. The summed E-state index contributed by atoms with van der Waals surface area (Å²) in [5.74, 6) is -0.165. The summed E-state index contributed by atoms with van der Waals surface area (Å²) in [7, 11) is 1.80. The summed E-state index contributed by atoms with van der Waals surface area (Å²) in [5.41, 5.74) is 0.983. The van der Waals surface area contributed by atoms with Crippen molar-refractivity contribution in [3.05, 3.63) is 42.0 Å². The van der Waals surface area contributed by atoms with Gasteiger partial charge in [0.25, 0.3) is 0 Å². The maximum absolute atomic E-state index is 13.0. The number of halogens is 1. The third-order valence-corrected chi connectivity index (χ3v) is 2.24. The van der Waals surface area contributed by atoms with Crippen LogP contribution in [0.5, 0.6) is 5.75 Å². The van der Waals surface area contributed by atoms with Crippen LogP contribution in [-0.4, -0.2) is 15.9 Å². The smallest absolute Gasteiger partial charge is 0.240 e. The first-order valence-corrected chi connectivity index (χ1v) is 5.17. The second-order valence-corrected chi connectivity index (χ2v) is 3.63. The summed E-state index contributed by atoms with van der Waals surface area (Å²) >= 11 is 0. The molecular weight excluding hydrogens is 237 g/mol. The van der Waals surface area contributed by atoms with Crippen molar-refractivity contribution in [3.8, 4) is 5.75 Å². The van der Waals surface area contributed by atoms with Crippen LogP contribution in [0.1, 0.15) is 5.56 Å². The summed E-state index contributed by atoms with van der Waals surface area (Å²) in [5, 5.41) is 3.99. The molecule has 0 amide bonds. The second kappa shape index (κ2) is 5.25. The number of benzene rings is 1. The van der Waals surface area contributed by atoms with E-state index >= 15 is 0 Å². The molecule has 0 aliphatic heterocycles. The van der Waals surface area contributed by atoms with E-state index in [2.05, 4.69) is 10.1 Å². The second-order valence-electron chi connectivity index (χ2n) is 3.63. The number of hydrogen-bond acceptors (Lipinski definition) is 4. The van der Waals surface area contributed by atoms with E-state index in [4.69, 9.17) is 4.74 Å². The Kier molecular flexibility index (Phi) is 3.50. The topological polar surface area (TPSA) is 56.5 Å². The van der Waals surface area contributed by atoms with Gasteiger partial charge in [-0.2, -0.15) is 10.1 Å². The first kappa shape index (κ1) is 12.0. The van der Waals surface area contributed by atoms with Gasteiger partial charge in [0.1, 0.15) is 23.9 Å². The molecule has 92 valence electrons. The zero-order valence-corrected chi connectivity index (χ0v) is 9.63. The fraction of sp³-hybridized carbons (Fsp3) is 0.167. The van der Waals surface area contributed by atoms with Crippen LogP contribution in [-0.2, 0) is 18.4 Å². The molecule has 0 aliphatic rings. The Labute approximate surface area is 103 Å². The first-order chi connectivity index (χ1) is 8.69. The lowest BCUT2D eigenvalue weighted by Gasteiger charge is -2.06. The van der Waals surface area contributed by atoms with Gasteiger partial charge in [-0.15, -0.1) is 0 Å². The molecule has 6 heteroatoms. The Hall–Kier alpha value is -2.46. The molecule has 0 radical (unpaired) electrons. The fourth-order valence-corrected chi connectivity index (χ4v) is 1.46. The molecule has 0 aliphatic carbocycles. The highest BCUT2D eigenvalue weighted by molar-refractivity contribution is 5.57. The van der Waals surface area contributed by atoms with Gasteiger partial charge in [0.05, 0.1) is 6.20 Å². The highest BCUT2D eigenvalue weighted by Crippen LogP contribution is 2.28. The Balaban J connectivity index is 2.15. The van der Waals surface area contributed by atoms with E-state index in [9.17, 15) is 9.18 Å². The number of aliphatic imine (C=N–C) groups is 1. The van der Waals surface area contributed by atoms with Gasteiger partial charge in [-0.3, -0.25) is 4.68 Å². The Bertz CT molecular complexity index is 603. The number of isocyanates is 1. The van der Waals surface area contributed by atoms with E-state index in [1.807, 2.05) is 0 Å². The number of nitrogens with zero attached hydrogens (tertiary/aromatic N) is 3. The monoisotopic (exact) mass is 247 g/mol. The molecular formula is C12H10FN3O2. The predicted molar refractivity (Wildman–Crippen MR) is 61.7 cm³/mol. The highest BCUT2D eigenvalue weighted by Gasteiger charge is 2.05. The lowest BCUT2D eigenvalue weighted by Crippen LogP contribution is -1.95. The van der Waals surface area contributed by atoms with E-state index in [1.165, 1.54) is 18.2 Å². The van der Waals surface area contributed by atoms with Crippen LogP contribution in [0.3, 0.4) is 0 Å². The maximum atomic E-state index is 13.0. The molecule has 0 spiro atoms. The molecule has 0 atom stereocenters. The molecule has 18 heavy (non-hydrogen) atoms. The summed E-state index contributed by atoms with van der Waals surface area (Å²) < 4.78 is 20.1. The van der Waals surface area contributed by atoms with E-state index in [0.717, 1.165) is 11.6 Å². The molecule has 5 nitrogen and oxygen atoms in total. The van der Waals surface area contributed by atoms with E-state index < -0.39 is 5.82 Å². The van der Waals surface area contributed by atoms with Crippen molar-refractivity contribution in [1.29, 1.82) is 0 Å². The van der Waals surface area contributed by atoms with E-state index in [1.54, 1.807) is 24.1 Å². The first-order valence-electron chi connectivity index (χ1n) is 5.17. The maximum Gasteiger partial charge on any atom is 0.240 e. The normalized spacial score (nSPS) is 9.89. The van der Waals surface area contributed by atoms with Crippen molar-refractivity contribution in [2.75, 3.05) is 0 Å². The number of hydrogen-bond donors (Lipinski definition) is 0. The molecule has 1 aromatic heterocycles. The molecule has 1 aromatic carbocycles.